The summed E-state index contributed by atoms with van der Waals surface area (Å²) in [6.07, 6.45) is 0.581. The Morgan fingerprint density at radius 3 is 2.69 bits per heavy atom. The van der Waals surface area contributed by atoms with Crippen LogP contribution in [0.15, 0.2) is 47.5 Å². The number of hydrazine groups is 1. The largest absolute Gasteiger partial charge is 0.282 e. The first-order valence-corrected chi connectivity index (χ1v) is 9.52. The van der Waals surface area contributed by atoms with Gasteiger partial charge < -0.3 is 0 Å². The van der Waals surface area contributed by atoms with Gasteiger partial charge in [-0.05, 0) is 35.9 Å². The van der Waals surface area contributed by atoms with E-state index in [-0.39, 0.29) is 11.9 Å². The van der Waals surface area contributed by atoms with Crippen LogP contribution in [0.25, 0.3) is 10.2 Å². The average molecular weight is 405 g/mol. The van der Waals surface area contributed by atoms with Crippen molar-refractivity contribution in [2.75, 3.05) is 0 Å². The van der Waals surface area contributed by atoms with Gasteiger partial charge in [-0.1, -0.05) is 46.7 Å². The van der Waals surface area contributed by atoms with Gasteiger partial charge in [0.25, 0.3) is 0 Å². The summed E-state index contributed by atoms with van der Waals surface area (Å²) in [5.74, 6) is 0.622. The highest BCUT2D eigenvalue weighted by Crippen LogP contribution is 2.33. The number of amidine groups is 1. The second-order valence-electron chi connectivity index (χ2n) is 5.94. The van der Waals surface area contributed by atoms with Gasteiger partial charge in [0, 0.05) is 23.4 Å². The van der Waals surface area contributed by atoms with Crippen molar-refractivity contribution in [2.45, 2.75) is 19.4 Å². The number of hydrogen-bond donors (Lipinski definition) is 1. The minimum absolute atomic E-state index is 0.0776. The molecule has 0 bridgehead atoms. The minimum Gasteiger partial charge on any atom is -0.282 e. The molecular weight excluding hydrogens is 391 g/mol. The fraction of sp³-hybridized carbons (Fsp3) is 0.167. The topological polar surface area (TPSA) is 57.6 Å². The fourth-order valence-electron chi connectivity index (χ4n) is 2.91. The van der Waals surface area contributed by atoms with Crippen LogP contribution in [0.4, 0.5) is 5.13 Å². The molecule has 0 radical (unpaired) electrons. The maximum Gasteiger partial charge on any atom is 0.238 e. The molecule has 2 heterocycles. The number of aromatic nitrogens is 1. The van der Waals surface area contributed by atoms with Gasteiger partial charge in [-0.3, -0.25) is 10.2 Å². The van der Waals surface area contributed by atoms with Crippen LogP contribution in [-0.4, -0.2) is 21.7 Å². The van der Waals surface area contributed by atoms with Crippen LogP contribution in [0.2, 0.25) is 10.0 Å². The van der Waals surface area contributed by atoms with Crippen LogP contribution in [0, 0.1) is 0 Å². The number of nitrogens with zero attached hydrogens (tertiary/aromatic N) is 3. The molecule has 132 valence electrons. The smallest absolute Gasteiger partial charge is 0.238 e. The molecule has 1 amide bonds. The van der Waals surface area contributed by atoms with Crippen molar-refractivity contribution in [3.05, 3.63) is 58.1 Å². The van der Waals surface area contributed by atoms with Gasteiger partial charge in [-0.25, -0.2) is 15.0 Å². The number of nitrogens with one attached hydrogen (secondary N) is 1. The SMILES string of the molecule is CC(=O)N1N/C(=N/c2nc3ccc(Cl)cc3s2)CC1c1ccc(Cl)cc1. The standard InChI is InChI=1S/C18H14Cl2N4OS/c1-10(25)24-15(11-2-4-12(19)5-3-11)9-17(23-24)22-18-21-14-7-6-13(20)8-16(14)26-18/h2-8,15H,9H2,1H3,(H,21,22,23). The molecule has 0 aliphatic carbocycles. The van der Waals surface area contributed by atoms with Crippen molar-refractivity contribution in [3.63, 3.8) is 0 Å². The van der Waals surface area contributed by atoms with E-state index in [4.69, 9.17) is 23.2 Å². The van der Waals surface area contributed by atoms with Crippen LogP contribution in [0.1, 0.15) is 24.9 Å². The molecular formula is C18H14Cl2N4OS. The highest BCUT2D eigenvalue weighted by atomic mass is 35.5. The summed E-state index contributed by atoms with van der Waals surface area (Å²) in [6.45, 7) is 1.53. The van der Waals surface area contributed by atoms with Gasteiger partial charge in [0.15, 0.2) is 0 Å². The van der Waals surface area contributed by atoms with E-state index in [1.165, 1.54) is 18.3 Å². The number of carbonyl (C=O) groups excluding carboxylic acids is 1. The van der Waals surface area contributed by atoms with Crippen LogP contribution in [0.3, 0.4) is 0 Å². The van der Waals surface area contributed by atoms with Gasteiger partial charge in [-0.2, -0.15) is 0 Å². The summed E-state index contributed by atoms with van der Waals surface area (Å²) in [7, 11) is 0. The number of carbonyl (C=O) groups is 1. The Kier molecular flexibility index (Phi) is 4.56. The van der Waals surface area contributed by atoms with Gasteiger partial charge in [0.05, 0.1) is 16.3 Å². The Morgan fingerprint density at radius 2 is 1.96 bits per heavy atom. The van der Waals surface area contributed by atoms with E-state index >= 15 is 0 Å². The molecule has 1 aromatic heterocycles. The van der Waals surface area contributed by atoms with Crippen molar-refractivity contribution < 1.29 is 4.79 Å². The van der Waals surface area contributed by atoms with E-state index in [0.29, 0.717) is 27.4 Å². The minimum atomic E-state index is -0.132. The van der Waals surface area contributed by atoms with Crippen LogP contribution < -0.4 is 5.43 Å². The zero-order valence-electron chi connectivity index (χ0n) is 13.7. The van der Waals surface area contributed by atoms with Gasteiger partial charge >= 0.3 is 0 Å². The van der Waals surface area contributed by atoms with E-state index in [1.807, 2.05) is 42.5 Å². The van der Waals surface area contributed by atoms with Crippen molar-refractivity contribution in [1.82, 2.24) is 15.4 Å². The lowest BCUT2D eigenvalue weighted by atomic mass is 10.0. The molecule has 1 fully saturated rings. The predicted molar refractivity (Wildman–Crippen MR) is 106 cm³/mol. The number of hydrogen-bond acceptors (Lipinski definition) is 4. The number of aliphatic imine (C=N–C) groups is 1. The molecule has 4 rings (SSSR count). The molecule has 3 aromatic rings. The Hall–Kier alpha value is -2.15. The summed E-state index contributed by atoms with van der Waals surface area (Å²) in [4.78, 5) is 21.1. The lowest BCUT2D eigenvalue weighted by molar-refractivity contribution is -0.132. The molecule has 1 saturated heterocycles. The number of amides is 1. The molecule has 1 aliphatic heterocycles. The van der Waals surface area contributed by atoms with Crippen molar-refractivity contribution in [2.24, 2.45) is 4.99 Å². The third-order valence-corrected chi connectivity index (χ3v) is 5.51. The third kappa shape index (κ3) is 3.40. The lowest BCUT2D eigenvalue weighted by Gasteiger charge is -2.22. The van der Waals surface area contributed by atoms with Gasteiger partial charge in [0.1, 0.15) is 5.84 Å². The Balaban J connectivity index is 1.65. The number of halogens is 2. The number of rotatable bonds is 2. The maximum atomic E-state index is 12.0. The molecule has 26 heavy (non-hydrogen) atoms. The molecule has 8 heteroatoms. The summed E-state index contributed by atoms with van der Waals surface area (Å²) in [5.41, 5.74) is 4.95. The first kappa shape index (κ1) is 17.3. The molecule has 1 aliphatic rings. The molecule has 1 atom stereocenters. The van der Waals surface area contributed by atoms with Crippen LogP contribution in [0.5, 0.6) is 0 Å². The average Bonchev–Trinajstić information content (AvgIpc) is 3.19. The van der Waals surface area contributed by atoms with Crippen LogP contribution in [-0.2, 0) is 4.79 Å². The number of benzene rings is 2. The fourth-order valence-corrected chi connectivity index (χ4v) is 4.17. The third-order valence-electron chi connectivity index (χ3n) is 4.11. The quantitative estimate of drug-likeness (QED) is 0.643. The molecule has 1 unspecified atom stereocenters. The zero-order chi connectivity index (χ0) is 18.3. The molecule has 5 nitrogen and oxygen atoms in total. The first-order valence-electron chi connectivity index (χ1n) is 7.95. The highest BCUT2D eigenvalue weighted by molar-refractivity contribution is 7.22. The number of thiazole rings is 1. The Morgan fingerprint density at radius 1 is 1.23 bits per heavy atom. The summed E-state index contributed by atoms with van der Waals surface area (Å²) in [5, 5.41) is 3.55. The molecule has 2 aromatic carbocycles. The summed E-state index contributed by atoms with van der Waals surface area (Å²) in [6, 6.07) is 12.9. The van der Waals surface area contributed by atoms with Gasteiger partial charge in [-0.15, -0.1) is 0 Å². The van der Waals surface area contributed by atoms with E-state index in [2.05, 4.69) is 15.4 Å². The van der Waals surface area contributed by atoms with E-state index in [9.17, 15) is 4.79 Å². The van der Waals surface area contributed by atoms with E-state index in [0.717, 1.165) is 15.8 Å². The van der Waals surface area contributed by atoms with Crippen molar-refractivity contribution >= 4 is 61.6 Å². The lowest BCUT2D eigenvalue weighted by Crippen LogP contribution is -2.38. The first-order chi connectivity index (χ1) is 12.5. The second-order valence-corrected chi connectivity index (χ2v) is 7.82. The molecule has 1 N–H and O–H groups in total. The zero-order valence-corrected chi connectivity index (χ0v) is 16.1. The molecule has 0 saturated carbocycles. The second kappa shape index (κ2) is 6.87. The van der Waals surface area contributed by atoms with E-state index < -0.39 is 0 Å². The highest BCUT2D eigenvalue weighted by Gasteiger charge is 2.32. The number of fused-ring (bicyclic) bond motifs is 1. The summed E-state index contributed by atoms with van der Waals surface area (Å²) >= 11 is 13.5. The monoisotopic (exact) mass is 404 g/mol. The Labute approximate surface area is 164 Å². The Bertz CT molecular complexity index is 1020. The van der Waals surface area contributed by atoms with Crippen molar-refractivity contribution in [1.29, 1.82) is 0 Å². The maximum absolute atomic E-state index is 12.0. The van der Waals surface area contributed by atoms with E-state index in [1.54, 1.807) is 5.01 Å². The van der Waals surface area contributed by atoms with Crippen LogP contribution >= 0.6 is 34.5 Å². The predicted octanol–water partition coefficient (Wildman–Crippen LogP) is 5.13. The van der Waals surface area contributed by atoms with Gasteiger partial charge in [0.2, 0.25) is 11.0 Å². The normalized spacial score (nSPS) is 18.5. The van der Waals surface area contributed by atoms with Crippen molar-refractivity contribution in [3.8, 4) is 0 Å². The molecule has 0 spiro atoms. The summed E-state index contributed by atoms with van der Waals surface area (Å²) < 4.78 is 0.979.